The number of carbonyl (C=O) groups is 2. The van der Waals surface area contributed by atoms with Crippen molar-refractivity contribution >= 4 is 58.3 Å². The van der Waals surface area contributed by atoms with E-state index in [9.17, 15) is 9.59 Å². The minimum absolute atomic E-state index is 0.162. The van der Waals surface area contributed by atoms with Gasteiger partial charge in [0.05, 0.1) is 17.6 Å². The number of hydrogen-bond acceptors (Lipinski definition) is 4. The highest BCUT2D eigenvalue weighted by molar-refractivity contribution is 14.2. The van der Waals surface area contributed by atoms with Crippen molar-refractivity contribution in [2.45, 2.75) is 25.7 Å². The van der Waals surface area contributed by atoms with Crippen LogP contribution >= 0.6 is 40.0 Å². The SMILES string of the molecule is CN(N=C/C(=C(/Cl)C=O)C1CCC(=O)CC1)PI. The van der Waals surface area contributed by atoms with Crippen molar-refractivity contribution in [3.05, 3.63) is 10.6 Å². The predicted octanol–water partition coefficient (Wildman–Crippen LogP) is 3.30. The third-order valence-electron chi connectivity index (χ3n) is 2.85. The molecule has 0 N–H and O–H groups in total. The zero-order valence-corrected chi connectivity index (χ0v) is 13.9. The monoisotopic (exact) mass is 400 g/mol. The summed E-state index contributed by atoms with van der Waals surface area (Å²) < 4.78 is 1.78. The largest absolute Gasteiger partial charge is 0.300 e. The molecular formula is C11H15ClIN2O2P. The first-order chi connectivity index (χ1) is 8.58. The van der Waals surface area contributed by atoms with Crippen LogP contribution in [0.25, 0.3) is 0 Å². The van der Waals surface area contributed by atoms with Crippen LogP contribution in [0.5, 0.6) is 0 Å². The second kappa shape index (κ2) is 8.23. The Morgan fingerprint density at radius 2 is 2.17 bits per heavy atom. The summed E-state index contributed by atoms with van der Waals surface area (Å²) in [5.74, 6) is 0.450. The number of hydrazone groups is 1. The van der Waals surface area contributed by atoms with E-state index in [2.05, 4.69) is 27.1 Å². The number of ketones is 1. The lowest BCUT2D eigenvalue weighted by Crippen LogP contribution is -2.17. The van der Waals surface area contributed by atoms with Gasteiger partial charge in [-0.05, 0) is 46.4 Å². The van der Waals surface area contributed by atoms with Crippen molar-refractivity contribution in [1.82, 2.24) is 4.78 Å². The molecule has 0 aromatic rings. The number of hydrogen-bond donors (Lipinski definition) is 0. The van der Waals surface area contributed by atoms with Crippen LogP contribution in [0.4, 0.5) is 0 Å². The number of halogens is 2. The second-order valence-electron chi connectivity index (χ2n) is 4.09. The smallest absolute Gasteiger partial charge is 0.161 e. The first kappa shape index (κ1) is 16.1. The van der Waals surface area contributed by atoms with E-state index >= 15 is 0 Å². The molecule has 4 nitrogen and oxygen atoms in total. The first-order valence-electron chi connectivity index (χ1n) is 5.59. The quantitative estimate of drug-likeness (QED) is 0.178. The van der Waals surface area contributed by atoms with Gasteiger partial charge in [-0.1, -0.05) is 11.6 Å². The summed E-state index contributed by atoms with van der Waals surface area (Å²) in [6.45, 7) is 0. The molecule has 0 radical (unpaired) electrons. The highest BCUT2D eigenvalue weighted by Gasteiger charge is 2.23. The maximum Gasteiger partial charge on any atom is 0.161 e. The molecule has 1 aliphatic rings. The Morgan fingerprint density at radius 1 is 1.56 bits per heavy atom. The number of allylic oxidation sites excluding steroid dienone is 2. The van der Waals surface area contributed by atoms with Crippen LogP contribution in [-0.4, -0.2) is 30.1 Å². The fraction of sp³-hybridized carbons (Fsp3) is 0.545. The molecule has 7 heteroatoms. The summed E-state index contributed by atoms with van der Waals surface area (Å²) in [7, 11) is 1.86. The highest BCUT2D eigenvalue weighted by Crippen LogP contribution is 2.30. The zero-order valence-electron chi connectivity index (χ0n) is 10.0. The third kappa shape index (κ3) is 4.94. The first-order valence-corrected chi connectivity index (χ1v) is 10.0. The van der Waals surface area contributed by atoms with E-state index in [1.54, 1.807) is 11.0 Å². The number of carbonyl (C=O) groups excluding carboxylic acids is 2. The molecule has 100 valence electrons. The lowest BCUT2D eigenvalue weighted by atomic mass is 9.83. The van der Waals surface area contributed by atoms with Crippen molar-refractivity contribution in [3.8, 4) is 0 Å². The van der Waals surface area contributed by atoms with Gasteiger partial charge in [0, 0.05) is 19.9 Å². The zero-order chi connectivity index (χ0) is 13.5. The maximum absolute atomic E-state index is 11.2. The van der Waals surface area contributed by atoms with Crippen LogP contribution < -0.4 is 0 Å². The standard InChI is InChI=1S/C11H15ClIN2O2P/c1-15(18-13)14-6-10(11(12)7-16)8-2-4-9(17)5-3-8/h6-8,18H,2-5H2,1H3/b11-10-,14-6?. The minimum Gasteiger partial charge on any atom is -0.300 e. The van der Waals surface area contributed by atoms with Gasteiger partial charge in [-0.15, -0.1) is 0 Å². The molecule has 0 bridgehead atoms. The van der Waals surface area contributed by atoms with Crippen molar-refractivity contribution in [1.29, 1.82) is 0 Å². The lowest BCUT2D eigenvalue weighted by Gasteiger charge is -2.22. The van der Waals surface area contributed by atoms with Gasteiger partial charge in [0.15, 0.2) is 6.29 Å². The van der Waals surface area contributed by atoms with Gasteiger partial charge in [-0.25, -0.2) is 0 Å². The van der Waals surface area contributed by atoms with Crippen molar-refractivity contribution in [2.75, 3.05) is 7.05 Å². The molecule has 1 rings (SSSR count). The average Bonchev–Trinajstić information content (AvgIpc) is 2.40. The fourth-order valence-electron chi connectivity index (χ4n) is 1.85. The minimum atomic E-state index is 0.162. The van der Waals surface area contributed by atoms with E-state index in [0.29, 0.717) is 25.5 Å². The molecule has 1 unspecified atom stereocenters. The van der Waals surface area contributed by atoms with Gasteiger partial charge in [-0.2, -0.15) is 5.10 Å². The van der Waals surface area contributed by atoms with Crippen LogP contribution in [0.2, 0.25) is 0 Å². The molecule has 0 aromatic heterocycles. The number of Topliss-reactive ketones (excluding diaryl/α,β-unsaturated/α-hetero) is 1. The summed E-state index contributed by atoms with van der Waals surface area (Å²) in [5, 5.41) is 4.43. The molecule has 0 heterocycles. The molecule has 0 spiro atoms. The molecule has 0 aliphatic heterocycles. The Labute approximate surface area is 127 Å². The fourth-order valence-corrected chi connectivity index (χ4v) is 2.53. The van der Waals surface area contributed by atoms with Crippen LogP contribution in [0.15, 0.2) is 15.7 Å². The summed E-state index contributed by atoms with van der Waals surface area (Å²) in [5.41, 5.74) is 0.751. The van der Waals surface area contributed by atoms with E-state index in [-0.39, 0.29) is 16.7 Å². The predicted molar refractivity (Wildman–Crippen MR) is 84.5 cm³/mol. The van der Waals surface area contributed by atoms with Crippen molar-refractivity contribution in [2.24, 2.45) is 11.0 Å². The van der Waals surface area contributed by atoms with E-state index in [1.165, 1.54) is 0 Å². The van der Waals surface area contributed by atoms with Gasteiger partial charge < -0.3 is 0 Å². The van der Waals surface area contributed by atoms with Crippen LogP contribution in [0, 0.1) is 5.92 Å². The van der Waals surface area contributed by atoms with E-state index < -0.39 is 0 Å². The number of aldehydes is 1. The van der Waals surface area contributed by atoms with Crippen LogP contribution in [0.1, 0.15) is 25.7 Å². The molecule has 0 aromatic carbocycles. The van der Waals surface area contributed by atoms with Gasteiger partial charge in [0.25, 0.3) is 0 Å². The molecular weight excluding hydrogens is 385 g/mol. The highest BCUT2D eigenvalue weighted by atomic mass is 127. The second-order valence-corrected chi connectivity index (χ2v) is 6.76. The molecule has 1 fully saturated rings. The van der Waals surface area contributed by atoms with Crippen LogP contribution in [-0.2, 0) is 9.59 Å². The number of nitrogens with zero attached hydrogens (tertiary/aromatic N) is 2. The van der Waals surface area contributed by atoms with Gasteiger partial charge >= 0.3 is 0 Å². The molecule has 0 amide bonds. The van der Waals surface area contributed by atoms with Crippen molar-refractivity contribution < 1.29 is 9.59 Å². The third-order valence-corrected chi connectivity index (χ3v) is 5.62. The Kier molecular flexibility index (Phi) is 7.34. The summed E-state index contributed by atoms with van der Waals surface area (Å²) in [6, 6.07) is 0. The molecule has 1 atom stereocenters. The van der Waals surface area contributed by atoms with Crippen molar-refractivity contribution in [3.63, 3.8) is 0 Å². The van der Waals surface area contributed by atoms with E-state index in [4.69, 9.17) is 11.6 Å². The average molecular weight is 401 g/mol. The van der Waals surface area contributed by atoms with Gasteiger partial charge in [-0.3, -0.25) is 14.4 Å². The van der Waals surface area contributed by atoms with Gasteiger partial charge in [0.1, 0.15) is 5.78 Å². The van der Waals surface area contributed by atoms with Crippen LogP contribution in [0.3, 0.4) is 0 Å². The Hall–Kier alpha value is -0.000000000000000222. The lowest BCUT2D eigenvalue weighted by molar-refractivity contribution is -0.120. The Morgan fingerprint density at radius 3 is 2.67 bits per heavy atom. The number of rotatable bonds is 5. The molecule has 1 saturated carbocycles. The van der Waals surface area contributed by atoms with Gasteiger partial charge in [0.2, 0.25) is 0 Å². The summed E-state index contributed by atoms with van der Waals surface area (Å²) in [4.78, 5) is 22.1. The Bertz CT molecular complexity index is 377. The normalized spacial score (nSPS) is 19.6. The van der Waals surface area contributed by atoms with E-state index in [0.717, 1.165) is 18.4 Å². The molecule has 1 aliphatic carbocycles. The summed E-state index contributed by atoms with van der Waals surface area (Å²) >= 11 is 8.17. The maximum atomic E-state index is 11.2. The summed E-state index contributed by atoms with van der Waals surface area (Å²) in [6.07, 6.45) is 5.46. The van der Waals surface area contributed by atoms with E-state index in [1.807, 2.05) is 7.05 Å². The molecule has 0 saturated heterocycles. The molecule has 18 heavy (non-hydrogen) atoms. The topological polar surface area (TPSA) is 49.7 Å². The Balaban J connectivity index is 2.83.